The molecule has 0 saturated heterocycles. The van der Waals surface area contributed by atoms with Gasteiger partial charge in [0.1, 0.15) is 10.6 Å². The summed E-state index contributed by atoms with van der Waals surface area (Å²) in [6.45, 7) is 3.88. The molecule has 0 N–H and O–H groups in total. The molecule has 20 heavy (non-hydrogen) atoms. The van der Waals surface area contributed by atoms with Gasteiger partial charge in [0.2, 0.25) is 11.2 Å². The average Bonchev–Trinajstić information content (AvgIpc) is 2.84. The first-order valence-corrected chi connectivity index (χ1v) is 7.53. The average molecular weight is 325 g/mol. The van der Waals surface area contributed by atoms with Crippen molar-refractivity contribution in [1.29, 1.82) is 0 Å². The summed E-state index contributed by atoms with van der Waals surface area (Å²) in [6.07, 6.45) is 0. The Hall–Kier alpha value is -1.36. The van der Waals surface area contributed by atoms with E-state index in [-0.39, 0.29) is 5.28 Å². The monoisotopic (exact) mass is 324 g/mol. The summed E-state index contributed by atoms with van der Waals surface area (Å²) in [4.78, 5) is 9.12. The molecular formula is C14H10Cl2N2OS. The number of aryl methyl sites for hydroxylation is 2. The normalized spacial score (nSPS) is 11.0. The first-order chi connectivity index (χ1) is 9.54. The van der Waals surface area contributed by atoms with Gasteiger partial charge in [-0.15, -0.1) is 11.3 Å². The van der Waals surface area contributed by atoms with Crippen LogP contribution in [0.5, 0.6) is 11.6 Å². The minimum atomic E-state index is 0.178. The first kappa shape index (κ1) is 13.6. The van der Waals surface area contributed by atoms with Crippen molar-refractivity contribution < 1.29 is 4.74 Å². The number of hydrogen-bond acceptors (Lipinski definition) is 4. The molecule has 0 aliphatic carbocycles. The van der Waals surface area contributed by atoms with Crippen molar-refractivity contribution in [2.24, 2.45) is 0 Å². The number of thiophene rings is 1. The topological polar surface area (TPSA) is 35.0 Å². The highest BCUT2D eigenvalue weighted by Gasteiger charge is 2.11. The summed E-state index contributed by atoms with van der Waals surface area (Å²) in [6, 6.07) is 5.67. The Morgan fingerprint density at radius 1 is 1.10 bits per heavy atom. The van der Waals surface area contributed by atoms with Crippen molar-refractivity contribution in [2.45, 2.75) is 13.8 Å². The van der Waals surface area contributed by atoms with Crippen molar-refractivity contribution in [3.05, 3.63) is 45.0 Å². The summed E-state index contributed by atoms with van der Waals surface area (Å²) >= 11 is 13.6. The number of ether oxygens (including phenoxy) is 1. The SMILES string of the molecule is Cc1cc(Oc2nc(Cl)nc3sccc23)cc(C)c1Cl. The van der Waals surface area contributed by atoms with E-state index in [2.05, 4.69) is 9.97 Å². The second-order valence-electron chi connectivity index (χ2n) is 4.41. The molecule has 0 aliphatic rings. The van der Waals surface area contributed by atoms with E-state index >= 15 is 0 Å². The molecule has 0 fully saturated rings. The van der Waals surface area contributed by atoms with Crippen LogP contribution in [0.15, 0.2) is 23.6 Å². The molecule has 0 amide bonds. The van der Waals surface area contributed by atoms with Gasteiger partial charge in [0, 0.05) is 5.02 Å². The summed E-state index contributed by atoms with van der Waals surface area (Å²) < 4.78 is 5.86. The van der Waals surface area contributed by atoms with E-state index in [4.69, 9.17) is 27.9 Å². The zero-order valence-electron chi connectivity index (χ0n) is 10.8. The Labute approximate surface area is 130 Å². The van der Waals surface area contributed by atoms with Crippen LogP contribution >= 0.6 is 34.5 Å². The minimum Gasteiger partial charge on any atom is -0.438 e. The molecule has 0 aliphatic heterocycles. The molecule has 102 valence electrons. The Kier molecular flexibility index (Phi) is 3.54. The van der Waals surface area contributed by atoms with Crippen LogP contribution in [-0.4, -0.2) is 9.97 Å². The largest absolute Gasteiger partial charge is 0.438 e. The van der Waals surface area contributed by atoms with Crippen LogP contribution in [0.25, 0.3) is 10.2 Å². The van der Waals surface area contributed by atoms with E-state index in [0.717, 1.165) is 26.4 Å². The smallest absolute Gasteiger partial charge is 0.232 e. The lowest BCUT2D eigenvalue weighted by atomic mass is 10.1. The molecule has 3 aromatic rings. The molecule has 0 bridgehead atoms. The van der Waals surface area contributed by atoms with Crippen molar-refractivity contribution in [2.75, 3.05) is 0 Å². The van der Waals surface area contributed by atoms with E-state index in [9.17, 15) is 0 Å². The lowest BCUT2D eigenvalue weighted by Gasteiger charge is -2.09. The highest BCUT2D eigenvalue weighted by molar-refractivity contribution is 7.16. The molecule has 0 radical (unpaired) electrons. The standard InChI is InChI=1S/C14H10Cl2N2OS/c1-7-5-9(6-8(2)11(7)15)19-12-10-3-4-20-13(10)18-14(16)17-12/h3-6H,1-2H3. The summed E-state index contributed by atoms with van der Waals surface area (Å²) in [5.74, 6) is 1.15. The van der Waals surface area contributed by atoms with E-state index in [1.807, 2.05) is 37.4 Å². The highest BCUT2D eigenvalue weighted by atomic mass is 35.5. The number of nitrogens with zero attached hydrogens (tertiary/aromatic N) is 2. The van der Waals surface area contributed by atoms with Gasteiger partial charge in [0.25, 0.3) is 0 Å². The zero-order valence-corrected chi connectivity index (χ0v) is 13.1. The maximum absolute atomic E-state index is 6.15. The number of hydrogen-bond donors (Lipinski definition) is 0. The zero-order chi connectivity index (χ0) is 14.3. The molecule has 0 unspecified atom stereocenters. The quantitative estimate of drug-likeness (QED) is 0.591. The highest BCUT2D eigenvalue weighted by Crippen LogP contribution is 2.33. The third kappa shape index (κ3) is 2.46. The Morgan fingerprint density at radius 3 is 2.50 bits per heavy atom. The van der Waals surface area contributed by atoms with Gasteiger partial charge in [-0.2, -0.15) is 4.98 Å². The predicted molar refractivity (Wildman–Crippen MR) is 83.4 cm³/mol. The van der Waals surface area contributed by atoms with E-state index in [0.29, 0.717) is 11.6 Å². The van der Waals surface area contributed by atoms with Crippen molar-refractivity contribution in [3.63, 3.8) is 0 Å². The van der Waals surface area contributed by atoms with Gasteiger partial charge in [-0.3, -0.25) is 0 Å². The number of benzene rings is 1. The molecule has 6 heteroatoms. The second kappa shape index (κ2) is 5.20. The van der Waals surface area contributed by atoms with Crippen LogP contribution in [0.3, 0.4) is 0 Å². The van der Waals surface area contributed by atoms with Crippen LogP contribution in [0, 0.1) is 13.8 Å². The van der Waals surface area contributed by atoms with Crippen molar-refractivity contribution in [1.82, 2.24) is 9.97 Å². The molecule has 0 atom stereocenters. The molecule has 2 heterocycles. The van der Waals surface area contributed by atoms with Crippen LogP contribution in [0.4, 0.5) is 0 Å². The lowest BCUT2D eigenvalue weighted by Crippen LogP contribution is -1.93. The van der Waals surface area contributed by atoms with E-state index < -0.39 is 0 Å². The fourth-order valence-electron chi connectivity index (χ4n) is 1.96. The first-order valence-electron chi connectivity index (χ1n) is 5.90. The van der Waals surface area contributed by atoms with Gasteiger partial charge in [-0.05, 0) is 60.2 Å². The third-order valence-corrected chi connectivity index (χ3v) is 4.46. The van der Waals surface area contributed by atoms with Crippen molar-refractivity contribution >= 4 is 44.8 Å². The Balaban J connectivity index is 2.07. The van der Waals surface area contributed by atoms with Gasteiger partial charge < -0.3 is 4.74 Å². The van der Waals surface area contributed by atoms with Crippen LogP contribution < -0.4 is 4.74 Å². The van der Waals surface area contributed by atoms with Gasteiger partial charge in [0.15, 0.2) is 0 Å². The minimum absolute atomic E-state index is 0.178. The number of rotatable bonds is 2. The predicted octanol–water partition coefficient (Wildman–Crippen LogP) is 5.41. The summed E-state index contributed by atoms with van der Waals surface area (Å²) in [5.41, 5.74) is 1.92. The summed E-state index contributed by atoms with van der Waals surface area (Å²) in [7, 11) is 0. The van der Waals surface area contributed by atoms with Crippen LogP contribution in [-0.2, 0) is 0 Å². The van der Waals surface area contributed by atoms with Crippen LogP contribution in [0.1, 0.15) is 11.1 Å². The van der Waals surface area contributed by atoms with E-state index in [1.54, 1.807) is 0 Å². The second-order valence-corrected chi connectivity index (χ2v) is 6.02. The Morgan fingerprint density at radius 2 is 1.80 bits per heavy atom. The van der Waals surface area contributed by atoms with Gasteiger partial charge in [-0.25, -0.2) is 4.98 Å². The number of aromatic nitrogens is 2. The van der Waals surface area contributed by atoms with E-state index in [1.165, 1.54) is 11.3 Å². The lowest BCUT2D eigenvalue weighted by molar-refractivity contribution is 0.468. The molecule has 1 aromatic carbocycles. The van der Waals surface area contributed by atoms with Gasteiger partial charge in [-0.1, -0.05) is 11.6 Å². The Bertz CT molecular complexity index is 778. The fraction of sp³-hybridized carbons (Fsp3) is 0.143. The summed E-state index contributed by atoms with van der Waals surface area (Å²) in [5, 5.41) is 3.71. The van der Waals surface area contributed by atoms with Crippen molar-refractivity contribution in [3.8, 4) is 11.6 Å². The fourth-order valence-corrected chi connectivity index (χ4v) is 3.03. The molecule has 0 saturated carbocycles. The van der Waals surface area contributed by atoms with Crippen LogP contribution in [0.2, 0.25) is 10.3 Å². The molecule has 2 aromatic heterocycles. The third-order valence-electron chi connectivity index (χ3n) is 2.89. The maximum atomic E-state index is 6.15. The molecule has 0 spiro atoms. The maximum Gasteiger partial charge on any atom is 0.232 e. The molecular weight excluding hydrogens is 315 g/mol. The number of fused-ring (bicyclic) bond motifs is 1. The number of halogens is 2. The molecule has 3 nitrogen and oxygen atoms in total. The molecule has 3 rings (SSSR count). The van der Waals surface area contributed by atoms with Gasteiger partial charge in [0.05, 0.1) is 5.39 Å². The van der Waals surface area contributed by atoms with Gasteiger partial charge >= 0.3 is 0 Å².